The molecule has 2 aromatic rings. The van der Waals surface area contributed by atoms with Crippen LogP contribution in [0.15, 0.2) is 37.5 Å². The minimum absolute atomic E-state index is 0.205. The Balaban J connectivity index is 2.21. The smallest absolute Gasteiger partial charge is 0.310 e. The predicted molar refractivity (Wildman–Crippen MR) is 84.2 cm³/mol. The number of H-pyrrole nitrogens is 1. The van der Waals surface area contributed by atoms with Crippen molar-refractivity contribution in [3.8, 4) is 0 Å². The van der Waals surface area contributed by atoms with Crippen molar-refractivity contribution in [1.82, 2.24) is 20.1 Å². The number of aromatic amines is 1. The van der Waals surface area contributed by atoms with Crippen LogP contribution in [0.5, 0.6) is 0 Å². The van der Waals surface area contributed by atoms with Crippen molar-refractivity contribution in [3.63, 3.8) is 0 Å². The predicted octanol–water partition coefficient (Wildman–Crippen LogP) is 2.69. The summed E-state index contributed by atoms with van der Waals surface area (Å²) < 4.78 is 2.55. The molecule has 5 nitrogen and oxygen atoms in total. The van der Waals surface area contributed by atoms with Crippen LogP contribution in [0.3, 0.4) is 0 Å². The van der Waals surface area contributed by atoms with Gasteiger partial charge in [-0.3, -0.25) is 4.57 Å². The molecule has 1 unspecified atom stereocenters. The van der Waals surface area contributed by atoms with Gasteiger partial charge in [0, 0.05) is 22.5 Å². The van der Waals surface area contributed by atoms with E-state index in [9.17, 15) is 4.79 Å². The highest BCUT2D eigenvalue weighted by molar-refractivity contribution is 9.10. The van der Waals surface area contributed by atoms with Crippen molar-refractivity contribution in [3.05, 3.63) is 38.7 Å². The first-order valence-electron chi connectivity index (χ1n) is 6.35. The molecular weight excluding hydrogens is 340 g/mol. The maximum absolute atomic E-state index is 11.3. The summed E-state index contributed by atoms with van der Waals surface area (Å²) in [5.41, 5.74) is 1.01. The summed E-state index contributed by atoms with van der Waals surface area (Å²) >= 11 is 5.06. The molecule has 20 heavy (non-hydrogen) atoms. The topological polar surface area (TPSA) is 62.7 Å². The standard InChI is InChI=1S/C13H17BrN4OS/c1-4-15-8(2)10-6-5-9(7-11(10)14)20-13-17-16-12(19)18(13)3/h5-8,15H,4H2,1-3H3,(H,16,19). The molecule has 2 rings (SSSR count). The van der Waals surface area contributed by atoms with E-state index in [0.717, 1.165) is 15.9 Å². The highest BCUT2D eigenvalue weighted by Gasteiger charge is 2.11. The van der Waals surface area contributed by atoms with Crippen molar-refractivity contribution in [1.29, 1.82) is 0 Å². The maximum Gasteiger partial charge on any atom is 0.343 e. The summed E-state index contributed by atoms with van der Waals surface area (Å²) in [6.07, 6.45) is 0. The SMILES string of the molecule is CCNC(C)c1ccc(Sc2n[nH]c(=O)n2C)cc1Br. The molecule has 0 fully saturated rings. The molecule has 1 atom stereocenters. The molecule has 1 aromatic heterocycles. The second-order valence-electron chi connectivity index (χ2n) is 4.44. The molecule has 0 amide bonds. The first-order chi connectivity index (χ1) is 9.52. The van der Waals surface area contributed by atoms with E-state index < -0.39 is 0 Å². The van der Waals surface area contributed by atoms with Crippen LogP contribution in [0.4, 0.5) is 0 Å². The van der Waals surface area contributed by atoms with Gasteiger partial charge in [-0.2, -0.15) is 0 Å². The van der Waals surface area contributed by atoms with Gasteiger partial charge in [0.05, 0.1) is 0 Å². The third kappa shape index (κ3) is 3.34. The fraction of sp³-hybridized carbons (Fsp3) is 0.385. The number of rotatable bonds is 5. The third-order valence-electron chi connectivity index (χ3n) is 3.00. The number of nitrogens with zero attached hydrogens (tertiary/aromatic N) is 2. The highest BCUT2D eigenvalue weighted by Crippen LogP contribution is 2.31. The normalized spacial score (nSPS) is 12.6. The summed E-state index contributed by atoms with van der Waals surface area (Å²) in [6.45, 7) is 5.15. The van der Waals surface area contributed by atoms with Gasteiger partial charge >= 0.3 is 5.69 Å². The van der Waals surface area contributed by atoms with Crippen molar-refractivity contribution in [2.75, 3.05) is 6.54 Å². The van der Waals surface area contributed by atoms with E-state index in [1.54, 1.807) is 7.05 Å². The lowest BCUT2D eigenvalue weighted by Crippen LogP contribution is -2.18. The molecule has 1 heterocycles. The summed E-state index contributed by atoms with van der Waals surface area (Å²) in [4.78, 5) is 12.4. The monoisotopic (exact) mass is 356 g/mol. The van der Waals surface area contributed by atoms with Crippen LogP contribution < -0.4 is 11.0 Å². The van der Waals surface area contributed by atoms with Gasteiger partial charge in [-0.25, -0.2) is 9.89 Å². The lowest BCUT2D eigenvalue weighted by Gasteiger charge is -2.15. The van der Waals surface area contributed by atoms with E-state index in [-0.39, 0.29) is 5.69 Å². The molecule has 0 saturated heterocycles. The molecule has 0 aliphatic heterocycles. The van der Waals surface area contributed by atoms with Crippen LogP contribution in [-0.2, 0) is 7.05 Å². The Morgan fingerprint density at radius 3 is 2.85 bits per heavy atom. The molecule has 108 valence electrons. The Labute approximate surface area is 130 Å². The number of aromatic nitrogens is 3. The van der Waals surface area contributed by atoms with Gasteiger partial charge in [-0.15, -0.1) is 5.10 Å². The zero-order valence-corrected chi connectivity index (χ0v) is 14.0. The van der Waals surface area contributed by atoms with Gasteiger partial charge in [0.2, 0.25) is 0 Å². The first kappa shape index (κ1) is 15.3. The number of hydrogen-bond acceptors (Lipinski definition) is 4. The second kappa shape index (κ2) is 6.60. The summed E-state index contributed by atoms with van der Waals surface area (Å²) in [5.74, 6) is 0. The van der Waals surface area contributed by atoms with Crippen LogP contribution in [-0.4, -0.2) is 21.3 Å². The van der Waals surface area contributed by atoms with Crippen molar-refractivity contribution in [2.24, 2.45) is 7.05 Å². The lowest BCUT2D eigenvalue weighted by molar-refractivity contribution is 0.595. The van der Waals surface area contributed by atoms with E-state index in [0.29, 0.717) is 11.2 Å². The number of halogens is 1. The Morgan fingerprint density at radius 2 is 2.30 bits per heavy atom. The molecule has 1 aromatic carbocycles. The van der Waals surface area contributed by atoms with Crippen molar-refractivity contribution in [2.45, 2.75) is 29.9 Å². The average Bonchev–Trinajstić information content (AvgIpc) is 2.71. The van der Waals surface area contributed by atoms with E-state index in [2.05, 4.69) is 51.4 Å². The Bertz CT molecular complexity index is 652. The van der Waals surface area contributed by atoms with Crippen molar-refractivity contribution < 1.29 is 0 Å². The molecule has 0 aliphatic rings. The van der Waals surface area contributed by atoms with E-state index in [4.69, 9.17) is 0 Å². The Kier molecular flexibility index (Phi) is 5.06. The second-order valence-corrected chi connectivity index (χ2v) is 6.33. The van der Waals surface area contributed by atoms with Crippen molar-refractivity contribution >= 4 is 27.7 Å². The fourth-order valence-electron chi connectivity index (χ4n) is 1.87. The summed E-state index contributed by atoms with van der Waals surface area (Å²) in [5, 5.41) is 10.5. The molecular formula is C13H17BrN4OS. The largest absolute Gasteiger partial charge is 0.343 e. The average molecular weight is 357 g/mol. The molecule has 0 spiro atoms. The molecule has 0 bridgehead atoms. The summed E-state index contributed by atoms with van der Waals surface area (Å²) in [6, 6.07) is 6.47. The van der Waals surface area contributed by atoms with Crippen LogP contribution in [0, 0.1) is 0 Å². The third-order valence-corrected chi connectivity index (χ3v) is 4.72. The van der Waals surface area contributed by atoms with E-state index in [1.165, 1.54) is 21.9 Å². The zero-order chi connectivity index (χ0) is 14.7. The maximum atomic E-state index is 11.3. The van der Waals surface area contributed by atoms with Gasteiger partial charge in [0.15, 0.2) is 5.16 Å². The molecule has 0 aliphatic carbocycles. The Morgan fingerprint density at radius 1 is 1.55 bits per heavy atom. The highest BCUT2D eigenvalue weighted by atomic mass is 79.9. The van der Waals surface area contributed by atoms with Gasteiger partial charge < -0.3 is 5.32 Å². The summed E-state index contributed by atoms with van der Waals surface area (Å²) in [7, 11) is 1.70. The van der Waals surface area contributed by atoms with Crippen LogP contribution >= 0.6 is 27.7 Å². The minimum Gasteiger partial charge on any atom is -0.310 e. The number of hydrogen-bond donors (Lipinski definition) is 2. The first-order valence-corrected chi connectivity index (χ1v) is 7.96. The quantitative estimate of drug-likeness (QED) is 0.864. The van der Waals surface area contributed by atoms with Crippen LogP contribution in [0.2, 0.25) is 0 Å². The van der Waals surface area contributed by atoms with Gasteiger partial charge in [-0.1, -0.05) is 28.9 Å². The van der Waals surface area contributed by atoms with Crippen LogP contribution in [0.25, 0.3) is 0 Å². The molecule has 2 N–H and O–H groups in total. The van der Waals surface area contributed by atoms with Gasteiger partial charge in [0.1, 0.15) is 0 Å². The molecule has 0 radical (unpaired) electrons. The minimum atomic E-state index is -0.205. The lowest BCUT2D eigenvalue weighted by atomic mass is 10.1. The number of benzene rings is 1. The fourth-order valence-corrected chi connectivity index (χ4v) is 3.58. The van der Waals surface area contributed by atoms with E-state index in [1.807, 2.05) is 12.1 Å². The van der Waals surface area contributed by atoms with E-state index >= 15 is 0 Å². The molecule has 0 saturated carbocycles. The van der Waals surface area contributed by atoms with Gasteiger partial charge in [-0.05, 0) is 42.9 Å². The zero-order valence-electron chi connectivity index (χ0n) is 11.6. The Hall–Kier alpha value is -1.05. The number of nitrogens with one attached hydrogen (secondary N) is 2. The van der Waals surface area contributed by atoms with Gasteiger partial charge in [0.25, 0.3) is 0 Å². The van der Waals surface area contributed by atoms with Crippen LogP contribution in [0.1, 0.15) is 25.5 Å². The molecule has 7 heteroatoms.